The fourth-order valence-corrected chi connectivity index (χ4v) is 3.91. The van der Waals surface area contributed by atoms with Gasteiger partial charge in [0.15, 0.2) is 12.4 Å². The number of benzene rings is 2. The van der Waals surface area contributed by atoms with Crippen LogP contribution in [-0.4, -0.2) is 32.5 Å². The smallest absolute Gasteiger partial charge is 0.258 e. The van der Waals surface area contributed by atoms with Gasteiger partial charge in [-0.05, 0) is 55.2 Å². The summed E-state index contributed by atoms with van der Waals surface area (Å²) in [5.41, 5.74) is 3.53. The second-order valence-corrected chi connectivity index (χ2v) is 7.38. The largest absolute Gasteiger partial charge is 0.497 e. The maximum atomic E-state index is 12.5. The Morgan fingerprint density at radius 2 is 1.90 bits per heavy atom. The van der Waals surface area contributed by atoms with E-state index in [4.69, 9.17) is 14.2 Å². The molecule has 0 spiro atoms. The number of nitrogens with one attached hydrogen (secondary N) is 1. The van der Waals surface area contributed by atoms with E-state index in [1.807, 2.05) is 32.9 Å². The minimum Gasteiger partial charge on any atom is -0.497 e. The van der Waals surface area contributed by atoms with Crippen molar-refractivity contribution in [3.8, 4) is 17.2 Å². The summed E-state index contributed by atoms with van der Waals surface area (Å²) in [6.07, 6.45) is 0.482. The van der Waals surface area contributed by atoms with Gasteiger partial charge in [0.05, 0.1) is 25.8 Å². The lowest BCUT2D eigenvalue weighted by molar-refractivity contribution is -0.123. The number of hydrogen-bond acceptors (Lipinski definition) is 5. The van der Waals surface area contributed by atoms with Gasteiger partial charge in [0.1, 0.15) is 17.2 Å². The van der Waals surface area contributed by atoms with Crippen molar-refractivity contribution >= 4 is 11.7 Å². The normalized spacial score (nSPS) is 16.2. The van der Waals surface area contributed by atoms with Crippen molar-refractivity contribution in [2.75, 3.05) is 20.8 Å². The molecule has 6 nitrogen and oxygen atoms in total. The quantitative estimate of drug-likeness (QED) is 0.766. The van der Waals surface area contributed by atoms with E-state index in [-0.39, 0.29) is 30.3 Å². The minimum absolute atomic E-state index is 0.0705. The van der Waals surface area contributed by atoms with Gasteiger partial charge in [0.25, 0.3) is 5.91 Å². The highest BCUT2D eigenvalue weighted by atomic mass is 16.5. The molecule has 0 aliphatic heterocycles. The second-order valence-electron chi connectivity index (χ2n) is 7.38. The van der Waals surface area contributed by atoms with Crippen LogP contribution < -0.4 is 19.5 Å². The van der Waals surface area contributed by atoms with Crippen LogP contribution in [0.1, 0.15) is 59.3 Å². The molecule has 1 aliphatic rings. The lowest BCUT2D eigenvalue weighted by Crippen LogP contribution is -2.31. The van der Waals surface area contributed by atoms with Crippen LogP contribution in [0.5, 0.6) is 17.2 Å². The number of fused-ring (bicyclic) bond motifs is 1. The Kier molecular flexibility index (Phi) is 6.11. The van der Waals surface area contributed by atoms with Gasteiger partial charge in [-0.3, -0.25) is 9.59 Å². The topological polar surface area (TPSA) is 73.9 Å². The highest BCUT2D eigenvalue weighted by Gasteiger charge is 2.31. The Bertz CT molecular complexity index is 937. The number of hydrogen-bond donors (Lipinski definition) is 1. The first-order valence-corrected chi connectivity index (χ1v) is 9.66. The molecule has 0 radical (unpaired) electrons. The molecule has 154 valence electrons. The molecule has 2 atom stereocenters. The molecule has 6 heteroatoms. The molecule has 2 aromatic carbocycles. The van der Waals surface area contributed by atoms with Crippen LogP contribution in [0.4, 0.5) is 0 Å². The van der Waals surface area contributed by atoms with E-state index in [2.05, 4.69) is 5.32 Å². The molecule has 0 aromatic heterocycles. The van der Waals surface area contributed by atoms with E-state index >= 15 is 0 Å². The number of amides is 1. The number of carbonyl (C=O) groups is 2. The summed E-state index contributed by atoms with van der Waals surface area (Å²) < 4.78 is 16.4. The van der Waals surface area contributed by atoms with Crippen LogP contribution in [0.25, 0.3) is 0 Å². The first kappa shape index (κ1) is 20.7. The summed E-state index contributed by atoms with van der Waals surface area (Å²) in [4.78, 5) is 24.9. The predicted molar refractivity (Wildman–Crippen MR) is 110 cm³/mol. The number of ether oxygens (including phenoxy) is 3. The highest BCUT2D eigenvalue weighted by Crippen LogP contribution is 2.40. The van der Waals surface area contributed by atoms with Gasteiger partial charge in [-0.25, -0.2) is 0 Å². The molecule has 1 N–H and O–H groups in total. The van der Waals surface area contributed by atoms with Crippen LogP contribution >= 0.6 is 0 Å². The molecule has 29 heavy (non-hydrogen) atoms. The highest BCUT2D eigenvalue weighted by molar-refractivity contribution is 6.04. The minimum atomic E-state index is -0.304. The third-order valence-electron chi connectivity index (χ3n) is 5.33. The molecule has 1 aliphatic carbocycles. The predicted octanol–water partition coefficient (Wildman–Crippen LogP) is 3.96. The molecule has 0 saturated carbocycles. The molecule has 0 fully saturated rings. The first-order chi connectivity index (χ1) is 13.8. The standard InChI is InChI=1S/C23H27NO5/c1-13-6-8-20(23-18(25)10-14(2)22(13)23)29-12-21(26)24-15(3)17-11-16(27-4)7-9-19(17)28-5/h6-9,11,14-15H,10,12H2,1-5H3,(H,24,26)/t14-,15-/m1/s1. The zero-order chi connectivity index (χ0) is 21.1. The third kappa shape index (κ3) is 4.21. The molecular formula is C23H27NO5. The zero-order valence-corrected chi connectivity index (χ0v) is 17.5. The summed E-state index contributed by atoms with van der Waals surface area (Å²) >= 11 is 0. The van der Waals surface area contributed by atoms with Crippen molar-refractivity contribution < 1.29 is 23.8 Å². The van der Waals surface area contributed by atoms with E-state index in [0.29, 0.717) is 29.2 Å². The fraction of sp³-hybridized carbons (Fsp3) is 0.391. The molecular weight excluding hydrogens is 370 g/mol. The van der Waals surface area contributed by atoms with Crippen molar-refractivity contribution in [2.45, 2.75) is 39.2 Å². The van der Waals surface area contributed by atoms with E-state index < -0.39 is 0 Å². The third-order valence-corrected chi connectivity index (χ3v) is 5.33. The number of methoxy groups -OCH3 is 2. The van der Waals surface area contributed by atoms with Crippen molar-refractivity contribution in [3.05, 3.63) is 52.6 Å². The van der Waals surface area contributed by atoms with Crippen LogP contribution in [0.15, 0.2) is 30.3 Å². The summed E-state index contributed by atoms with van der Waals surface area (Å²) in [7, 11) is 3.17. The Morgan fingerprint density at radius 3 is 2.59 bits per heavy atom. The lowest BCUT2D eigenvalue weighted by atomic mass is 9.97. The Labute approximate surface area is 171 Å². The number of Topliss-reactive ketones (excluding diaryl/α,β-unsaturated/α-hetero) is 1. The second kappa shape index (κ2) is 8.55. The molecule has 0 saturated heterocycles. The monoisotopic (exact) mass is 397 g/mol. The van der Waals surface area contributed by atoms with Crippen LogP contribution in [0.3, 0.4) is 0 Å². The first-order valence-electron chi connectivity index (χ1n) is 9.66. The summed E-state index contributed by atoms with van der Waals surface area (Å²) in [5, 5.41) is 2.91. The van der Waals surface area contributed by atoms with Crippen molar-refractivity contribution in [2.24, 2.45) is 0 Å². The lowest BCUT2D eigenvalue weighted by Gasteiger charge is -2.19. The molecule has 1 amide bonds. The van der Waals surface area contributed by atoms with Crippen molar-refractivity contribution in [1.82, 2.24) is 5.32 Å². The van der Waals surface area contributed by atoms with Gasteiger partial charge in [0, 0.05) is 12.0 Å². The molecule has 3 rings (SSSR count). The fourth-order valence-electron chi connectivity index (χ4n) is 3.91. The number of rotatable bonds is 7. The van der Waals surface area contributed by atoms with Gasteiger partial charge in [0.2, 0.25) is 0 Å². The number of ketones is 1. The van der Waals surface area contributed by atoms with Crippen LogP contribution in [-0.2, 0) is 4.79 Å². The molecule has 0 bridgehead atoms. The van der Waals surface area contributed by atoms with Gasteiger partial charge in [-0.2, -0.15) is 0 Å². The van der Waals surface area contributed by atoms with Gasteiger partial charge in [-0.1, -0.05) is 13.0 Å². The van der Waals surface area contributed by atoms with Crippen LogP contribution in [0, 0.1) is 6.92 Å². The van der Waals surface area contributed by atoms with E-state index in [9.17, 15) is 9.59 Å². The molecule has 0 heterocycles. The zero-order valence-electron chi connectivity index (χ0n) is 17.5. The Morgan fingerprint density at radius 1 is 1.17 bits per heavy atom. The summed E-state index contributed by atoms with van der Waals surface area (Å²) in [6, 6.07) is 8.83. The average Bonchev–Trinajstić information content (AvgIpc) is 3.02. The van der Waals surface area contributed by atoms with Gasteiger partial charge in [-0.15, -0.1) is 0 Å². The molecule has 2 aromatic rings. The van der Waals surface area contributed by atoms with E-state index in [1.54, 1.807) is 32.4 Å². The number of aryl methyl sites for hydroxylation is 1. The number of carbonyl (C=O) groups excluding carboxylic acids is 2. The molecule has 0 unspecified atom stereocenters. The summed E-state index contributed by atoms with van der Waals surface area (Å²) in [6.45, 7) is 5.72. The Balaban J connectivity index is 1.70. The van der Waals surface area contributed by atoms with Crippen molar-refractivity contribution in [3.63, 3.8) is 0 Å². The SMILES string of the molecule is COc1ccc(OC)c([C@@H](C)NC(=O)COc2ccc(C)c3c2C(=O)C[C@H]3C)c1. The average molecular weight is 397 g/mol. The maximum Gasteiger partial charge on any atom is 0.258 e. The van der Waals surface area contributed by atoms with E-state index in [0.717, 1.165) is 16.7 Å². The summed E-state index contributed by atoms with van der Waals surface area (Å²) in [5.74, 6) is 1.78. The van der Waals surface area contributed by atoms with Gasteiger partial charge < -0.3 is 19.5 Å². The van der Waals surface area contributed by atoms with Gasteiger partial charge >= 0.3 is 0 Å². The van der Waals surface area contributed by atoms with Crippen LogP contribution in [0.2, 0.25) is 0 Å². The van der Waals surface area contributed by atoms with E-state index in [1.165, 1.54) is 0 Å². The Hall–Kier alpha value is -3.02. The maximum absolute atomic E-state index is 12.5. The van der Waals surface area contributed by atoms with Crippen molar-refractivity contribution in [1.29, 1.82) is 0 Å².